The predicted octanol–water partition coefficient (Wildman–Crippen LogP) is 8.25. The van der Waals surface area contributed by atoms with E-state index in [1.54, 1.807) is 0 Å². The molecule has 0 radical (unpaired) electrons. The van der Waals surface area contributed by atoms with E-state index < -0.39 is 0 Å². The molecular weight excluding hydrogens is 556 g/mol. The van der Waals surface area contributed by atoms with Gasteiger partial charge in [-0.15, -0.1) is 0 Å². The number of nitrogens with zero attached hydrogens (tertiary/aromatic N) is 4. The Morgan fingerprint density at radius 3 is 1.38 bits per heavy atom. The minimum atomic E-state index is 0.677. The normalized spacial score (nSPS) is 12.2. The second-order valence-corrected chi connectivity index (χ2v) is 14.0. The molecule has 0 aliphatic carbocycles. The van der Waals surface area contributed by atoms with Crippen LogP contribution in [-0.2, 0) is 12.8 Å². The number of unbranched alkanes of at least 4 members (excludes halogenated alkanes) is 4. The molecule has 6 nitrogen and oxygen atoms in total. The summed E-state index contributed by atoms with van der Waals surface area (Å²) in [5.41, 5.74) is 2.27. The van der Waals surface area contributed by atoms with Crippen LogP contribution >= 0.6 is 0 Å². The number of aryl methyl sites for hydroxylation is 2. The zero-order valence-corrected chi connectivity index (χ0v) is 29.0. The zero-order valence-electron chi connectivity index (χ0n) is 29.0. The van der Waals surface area contributed by atoms with Crippen LogP contribution < -0.4 is 9.47 Å². The number of hydrogen-bond acceptors (Lipinski definition) is 4. The molecule has 0 aliphatic heterocycles. The van der Waals surface area contributed by atoms with Gasteiger partial charge in [-0.2, -0.15) is 0 Å². The van der Waals surface area contributed by atoms with Crippen LogP contribution in [0.15, 0.2) is 60.7 Å². The third-order valence-corrected chi connectivity index (χ3v) is 8.99. The molecule has 0 atom stereocenters. The molecule has 45 heavy (non-hydrogen) atoms. The molecule has 4 rings (SSSR count). The lowest BCUT2D eigenvalue weighted by Gasteiger charge is -2.31. The fourth-order valence-corrected chi connectivity index (χ4v) is 5.89. The van der Waals surface area contributed by atoms with Gasteiger partial charge in [-0.05, 0) is 80.0 Å². The molecule has 0 bridgehead atoms. The van der Waals surface area contributed by atoms with Crippen molar-refractivity contribution in [1.29, 1.82) is 0 Å². The third-order valence-electron chi connectivity index (χ3n) is 8.99. The Kier molecular flexibility index (Phi) is 13.0. The number of quaternary nitrogens is 2. The second kappa shape index (κ2) is 16.9. The van der Waals surface area contributed by atoms with Gasteiger partial charge in [0.1, 0.15) is 26.3 Å². The Morgan fingerprint density at radius 1 is 0.533 bits per heavy atom. The van der Waals surface area contributed by atoms with Crippen molar-refractivity contribution in [1.82, 2.24) is 9.97 Å². The maximum absolute atomic E-state index is 6.32. The first-order chi connectivity index (χ1) is 21.7. The number of benzene rings is 2. The van der Waals surface area contributed by atoms with Crippen molar-refractivity contribution < 1.29 is 18.4 Å². The van der Waals surface area contributed by atoms with Crippen molar-refractivity contribution in [3.8, 4) is 11.8 Å². The SMILES string of the molecule is CCCCc1cc2ccccc2c(OCC[N+](C)(C)CCCCC[N+](C)(C)CCOc2nc(CCCC)cc3ccccc23)n1. The summed E-state index contributed by atoms with van der Waals surface area (Å²) in [6.45, 7) is 10.0. The van der Waals surface area contributed by atoms with E-state index in [0.717, 1.165) is 94.7 Å². The van der Waals surface area contributed by atoms with Crippen LogP contribution in [0.25, 0.3) is 21.5 Å². The minimum absolute atomic E-state index is 0.677. The van der Waals surface area contributed by atoms with E-state index in [2.05, 4.69) is 103 Å². The van der Waals surface area contributed by atoms with Gasteiger partial charge in [0, 0.05) is 22.2 Å². The van der Waals surface area contributed by atoms with Gasteiger partial charge >= 0.3 is 0 Å². The summed E-state index contributed by atoms with van der Waals surface area (Å²) in [6, 6.07) is 21.3. The van der Waals surface area contributed by atoms with Gasteiger partial charge in [-0.3, -0.25) is 0 Å². The first kappa shape index (κ1) is 34.6. The molecule has 2 heterocycles. The van der Waals surface area contributed by atoms with E-state index in [1.807, 2.05) is 0 Å². The van der Waals surface area contributed by atoms with Crippen molar-refractivity contribution in [3.63, 3.8) is 0 Å². The average Bonchev–Trinajstić information content (AvgIpc) is 3.02. The number of rotatable bonds is 20. The number of aromatic nitrogens is 2. The monoisotopic (exact) mass is 614 g/mol. The van der Waals surface area contributed by atoms with Gasteiger partial charge < -0.3 is 18.4 Å². The van der Waals surface area contributed by atoms with Crippen LogP contribution in [0.1, 0.15) is 70.2 Å². The molecule has 0 spiro atoms. The first-order valence-electron chi connectivity index (χ1n) is 17.4. The Labute approximate surface area is 272 Å². The summed E-state index contributed by atoms with van der Waals surface area (Å²) in [4.78, 5) is 9.78. The molecule has 4 aromatic rings. The lowest BCUT2D eigenvalue weighted by atomic mass is 10.1. The summed E-state index contributed by atoms with van der Waals surface area (Å²) < 4.78 is 14.6. The average molecular weight is 615 g/mol. The Balaban J connectivity index is 1.18. The van der Waals surface area contributed by atoms with E-state index >= 15 is 0 Å². The summed E-state index contributed by atoms with van der Waals surface area (Å²) in [5, 5.41) is 4.66. The highest BCUT2D eigenvalue weighted by Crippen LogP contribution is 2.27. The maximum Gasteiger partial charge on any atom is 0.221 e. The number of ether oxygens (including phenoxy) is 2. The first-order valence-corrected chi connectivity index (χ1v) is 17.4. The molecule has 6 heteroatoms. The van der Waals surface area contributed by atoms with E-state index in [1.165, 1.54) is 42.9 Å². The standard InChI is InChI=1S/C39H58N4O2/c1-7-9-20-34-30-32-18-12-14-22-36(32)38(40-34)44-28-26-42(3,4)24-16-11-17-25-43(5,6)27-29-45-39-37-23-15-13-19-33(37)31-35(41-39)21-10-8-2/h12-15,18-19,22-23,30-31H,7-11,16-17,20-21,24-29H2,1-6H3/q+2. The molecular formula is C39H58N4O2+2. The smallest absolute Gasteiger partial charge is 0.221 e. The summed E-state index contributed by atoms with van der Waals surface area (Å²) >= 11 is 0. The van der Waals surface area contributed by atoms with Crippen LogP contribution in [0, 0.1) is 0 Å². The quantitative estimate of drug-likeness (QED) is 0.0743. The third kappa shape index (κ3) is 11.0. The predicted molar refractivity (Wildman–Crippen MR) is 189 cm³/mol. The van der Waals surface area contributed by atoms with Crippen molar-refractivity contribution in [2.45, 2.75) is 71.6 Å². The molecule has 0 unspecified atom stereocenters. The van der Waals surface area contributed by atoms with Gasteiger partial charge in [0.25, 0.3) is 0 Å². The fourth-order valence-electron chi connectivity index (χ4n) is 5.89. The highest BCUT2D eigenvalue weighted by atomic mass is 16.5. The summed E-state index contributed by atoms with van der Waals surface area (Å²) in [6.07, 6.45) is 10.3. The van der Waals surface area contributed by atoms with Crippen molar-refractivity contribution >= 4 is 21.5 Å². The maximum atomic E-state index is 6.32. The zero-order chi connectivity index (χ0) is 32.1. The van der Waals surface area contributed by atoms with Gasteiger partial charge in [-0.1, -0.05) is 63.1 Å². The summed E-state index contributed by atoms with van der Waals surface area (Å²) in [5.74, 6) is 1.58. The van der Waals surface area contributed by atoms with Crippen LogP contribution in [0.2, 0.25) is 0 Å². The van der Waals surface area contributed by atoms with Crippen LogP contribution in [0.5, 0.6) is 11.8 Å². The highest BCUT2D eigenvalue weighted by Gasteiger charge is 2.19. The number of pyridine rings is 2. The van der Waals surface area contributed by atoms with Crippen molar-refractivity contribution in [2.24, 2.45) is 0 Å². The van der Waals surface area contributed by atoms with Gasteiger partial charge in [0.2, 0.25) is 11.8 Å². The van der Waals surface area contributed by atoms with Gasteiger partial charge in [-0.25, -0.2) is 9.97 Å². The van der Waals surface area contributed by atoms with E-state index in [4.69, 9.17) is 19.4 Å². The molecule has 0 saturated heterocycles. The number of fused-ring (bicyclic) bond motifs is 2. The Hall–Kier alpha value is -3.22. The molecule has 0 saturated carbocycles. The lowest BCUT2D eigenvalue weighted by molar-refractivity contribution is -0.892. The molecule has 0 amide bonds. The second-order valence-electron chi connectivity index (χ2n) is 14.0. The van der Waals surface area contributed by atoms with Crippen LogP contribution in [-0.4, -0.2) is 86.5 Å². The van der Waals surface area contributed by atoms with E-state index in [9.17, 15) is 0 Å². The fraction of sp³-hybridized carbons (Fsp3) is 0.538. The van der Waals surface area contributed by atoms with E-state index in [0.29, 0.717) is 13.2 Å². The number of likely N-dealkylation sites (N-methyl/N-ethyl adjacent to an activating group) is 2. The van der Waals surface area contributed by atoms with Crippen molar-refractivity contribution in [3.05, 3.63) is 72.1 Å². The van der Waals surface area contributed by atoms with Crippen molar-refractivity contribution in [2.75, 3.05) is 67.6 Å². The van der Waals surface area contributed by atoms with E-state index in [-0.39, 0.29) is 0 Å². The van der Waals surface area contributed by atoms with Crippen LogP contribution in [0.3, 0.4) is 0 Å². The molecule has 0 N–H and O–H groups in total. The van der Waals surface area contributed by atoms with Gasteiger partial charge in [0.15, 0.2) is 0 Å². The molecule has 2 aromatic carbocycles. The summed E-state index contributed by atoms with van der Waals surface area (Å²) in [7, 11) is 9.27. The largest absolute Gasteiger partial charge is 0.471 e. The minimum Gasteiger partial charge on any atom is -0.471 e. The molecule has 244 valence electrons. The topological polar surface area (TPSA) is 44.2 Å². The lowest BCUT2D eigenvalue weighted by Crippen LogP contribution is -2.44. The molecule has 2 aromatic heterocycles. The molecule has 0 fully saturated rings. The van der Waals surface area contributed by atoms with Gasteiger partial charge in [0.05, 0.1) is 41.3 Å². The number of hydrogen-bond donors (Lipinski definition) is 0. The highest BCUT2D eigenvalue weighted by molar-refractivity contribution is 5.87. The Bertz CT molecular complexity index is 1370. The Morgan fingerprint density at radius 2 is 0.956 bits per heavy atom. The molecule has 0 aliphatic rings. The van der Waals surface area contributed by atoms with Crippen LogP contribution in [0.4, 0.5) is 0 Å².